The van der Waals surface area contributed by atoms with E-state index in [4.69, 9.17) is 15.0 Å². The highest BCUT2D eigenvalue weighted by atomic mass is 15.0. The fourth-order valence-electron chi connectivity index (χ4n) is 6.72. The van der Waals surface area contributed by atoms with Crippen LogP contribution >= 0.6 is 0 Å². The molecule has 244 valence electrons. The zero-order valence-electron chi connectivity index (χ0n) is 28.4. The third-order valence-corrected chi connectivity index (χ3v) is 9.54. The molecule has 0 unspecified atom stereocenters. The van der Waals surface area contributed by atoms with E-state index in [0.29, 0.717) is 17.5 Å². The average Bonchev–Trinajstić information content (AvgIpc) is 3.24. The van der Waals surface area contributed by atoms with Crippen LogP contribution in [0.2, 0.25) is 0 Å². The van der Waals surface area contributed by atoms with E-state index in [9.17, 15) is 0 Å². The van der Waals surface area contributed by atoms with Gasteiger partial charge in [-0.15, -0.1) is 0 Å². The quantitative estimate of drug-likeness (QED) is 0.170. The maximum Gasteiger partial charge on any atom is 0.164 e. The second-order valence-corrected chi connectivity index (χ2v) is 12.9. The molecule has 0 aliphatic carbocycles. The van der Waals surface area contributed by atoms with Crippen molar-refractivity contribution in [2.45, 2.75) is 0 Å². The third-order valence-electron chi connectivity index (χ3n) is 9.54. The smallest absolute Gasteiger partial charge is 0.164 e. The van der Waals surface area contributed by atoms with Gasteiger partial charge in [0.1, 0.15) is 0 Å². The maximum absolute atomic E-state index is 5.07. The lowest BCUT2D eigenvalue weighted by Gasteiger charge is -2.11. The van der Waals surface area contributed by atoms with Crippen LogP contribution in [0.25, 0.3) is 89.4 Å². The first-order chi connectivity index (χ1) is 25.7. The van der Waals surface area contributed by atoms with Gasteiger partial charge in [-0.25, -0.2) is 15.0 Å². The van der Waals surface area contributed by atoms with Crippen molar-refractivity contribution < 1.29 is 0 Å². The summed E-state index contributed by atoms with van der Waals surface area (Å²) in [6.07, 6.45) is 0. The first-order valence-electron chi connectivity index (χ1n) is 17.5. The molecule has 0 radical (unpaired) electrons. The summed E-state index contributed by atoms with van der Waals surface area (Å²) in [5.74, 6) is 1.91. The van der Waals surface area contributed by atoms with E-state index in [-0.39, 0.29) is 0 Å². The molecule has 0 bridgehead atoms. The second-order valence-electron chi connectivity index (χ2n) is 12.9. The molecule has 3 heteroatoms. The molecule has 0 fully saturated rings. The van der Waals surface area contributed by atoms with Crippen molar-refractivity contribution >= 4 is 10.8 Å². The van der Waals surface area contributed by atoms with Gasteiger partial charge >= 0.3 is 0 Å². The van der Waals surface area contributed by atoms with E-state index in [1.807, 2.05) is 12.1 Å². The molecule has 0 aliphatic rings. The summed E-state index contributed by atoms with van der Waals surface area (Å²) in [4.78, 5) is 15.2. The van der Waals surface area contributed by atoms with Gasteiger partial charge in [-0.2, -0.15) is 0 Å². The first-order valence-corrected chi connectivity index (χ1v) is 17.5. The molecule has 1 heterocycles. The molecule has 9 rings (SSSR count). The van der Waals surface area contributed by atoms with E-state index in [2.05, 4.69) is 188 Å². The highest BCUT2D eigenvalue weighted by molar-refractivity contribution is 5.91. The van der Waals surface area contributed by atoms with Crippen molar-refractivity contribution in [1.29, 1.82) is 0 Å². The van der Waals surface area contributed by atoms with Gasteiger partial charge in [0.2, 0.25) is 0 Å². The Morgan fingerprint density at radius 2 is 0.481 bits per heavy atom. The van der Waals surface area contributed by atoms with E-state index >= 15 is 0 Å². The first kappa shape index (κ1) is 31.0. The van der Waals surface area contributed by atoms with Crippen molar-refractivity contribution in [3.05, 3.63) is 200 Å². The predicted octanol–water partition coefficient (Wildman–Crippen LogP) is 12.7. The third kappa shape index (κ3) is 6.39. The molecule has 0 aliphatic heterocycles. The standard InChI is InChI=1S/C49H33N3/c1-4-11-34(12-5-1)37-19-23-39(24-20-37)47-50-48(40-25-21-38(22-26-40)35-13-6-2-7-14-35)52-49(51-47)46-18-10-17-41(33-46)43-29-30-44-31-42(27-28-45(44)32-43)36-15-8-3-9-16-36/h1-33H. The number of nitrogens with zero attached hydrogens (tertiary/aromatic N) is 3. The topological polar surface area (TPSA) is 38.7 Å². The van der Waals surface area contributed by atoms with Crippen LogP contribution in [-0.4, -0.2) is 15.0 Å². The Hall–Kier alpha value is -6.97. The van der Waals surface area contributed by atoms with Crippen molar-refractivity contribution in [2.24, 2.45) is 0 Å². The summed E-state index contributed by atoms with van der Waals surface area (Å²) in [6, 6.07) is 70.1. The average molecular weight is 664 g/mol. The Labute approximate surface area is 303 Å². The van der Waals surface area contributed by atoms with Gasteiger partial charge in [0.05, 0.1) is 0 Å². The summed E-state index contributed by atoms with van der Waals surface area (Å²) in [5, 5.41) is 2.41. The molecular weight excluding hydrogens is 631 g/mol. The summed E-state index contributed by atoms with van der Waals surface area (Å²) in [5.41, 5.74) is 12.1. The Morgan fingerprint density at radius 1 is 0.192 bits per heavy atom. The number of hydrogen-bond donors (Lipinski definition) is 0. The monoisotopic (exact) mass is 663 g/mol. The molecular formula is C49H33N3. The zero-order valence-corrected chi connectivity index (χ0v) is 28.4. The molecule has 0 N–H and O–H groups in total. The minimum absolute atomic E-state index is 0.634. The molecule has 3 nitrogen and oxygen atoms in total. The molecule has 0 amide bonds. The van der Waals surface area contributed by atoms with Gasteiger partial charge < -0.3 is 0 Å². The normalized spacial score (nSPS) is 11.1. The highest BCUT2D eigenvalue weighted by Gasteiger charge is 2.14. The molecule has 0 saturated heterocycles. The lowest BCUT2D eigenvalue weighted by atomic mass is 9.97. The second kappa shape index (κ2) is 13.7. The number of aromatic nitrogens is 3. The number of hydrogen-bond acceptors (Lipinski definition) is 3. The Morgan fingerprint density at radius 3 is 0.942 bits per heavy atom. The summed E-state index contributed by atoms with van der Waals surface area (Å²) in [7, 11) is 0. The zero-order chi connectivity index (χ0) is 34.7. The lowest BCUT2D eigenvalue weighted by molar-refractivity contribution is 1.07. The molecule has 0 spiro atoms. The largest absolute Gasteiger partial charge is 0.208 e. The predicted molar refractivity (Wildman–Crippen MR) is 215 cm³/mol. The van der Waals surface area contributed by atoms with Crippen molar-refractivity contribution in [2.75, 3.05) is 0 Å². The molecule has 1 aromatic heterocycles. The van der Waals surface area contributed by atoms with Gasteiger partial charge in [-0.3, -0.25) is 0 Å². The Balaban J connectivity index is 1.10. The lowest BCUT2D eigenvalue weighted by Crippen LogP contribution is -2.00. The van der Waals surface area contributed by atoms with E-state index in [1.165, 1.54) is 33.0 Å². The summed E-state index contributed by atoms with van der Waals surface area (Å²) >= 11 is 0. The van der Waals surface area contributed by atoms with Crippen LogP contribution in [0.3, 0.4) is 0 Å². The van der Waals surface area contributed by atoms with Gasteiger partial charge in [0, 0.05) is 16.7 Å². The van der Waals surface area contributed by atoms with E-state index in [1.54, 1.807) is 0 Å². The van der Waals surface area contributed by atoms with Crippen LogP contribution in [0.5, 0.6) is 0 Å². The van der Waals surface area contributed by atoms with E-state index < -0.39 is 0 Å². The van der Waals surface area contributed by atoms with Crippen LogP contribution in [0.4, 0.5) is 0 Å². The highest BCUT2D eigenvalue weighted by Crippen LogP contribution is 2.32. The number of fused-ring (bicyclic) bond motifs is 1. The summed E-state index contributed by atoms with van der Waals surface area (Å²) < 4.78 is 0. The fraction of sp³-hybridized carbons (Fsp3) is 0. The number of rotatable bonds is 7. The minimum atomic E-state index is 0.634. The Bertz CT molecular complexity index is 2530. The summed E-state index contributed by atoms with van der Waals surface area (Å²) in [6.45, 7) is 0. The van der Waals surface area contributed by atoms with E-state index in [0.717, 1.165) is 38.9 Å². The molecule has 8 aromatic carbocycles. The van der Waals surface area contributed by atoms with Gasteiger partial charge in [-0.05, 0) is 73.5 Å². The number of benzene rings is 8. The fourth-order valence-corrected chi connectivity index (χ4v) is 6.72. The van der Waals surface area contributed by atoms with Gasteiger partial charge in [0.15, 0.2) is 17.5 Å². The van der Waals surface area contributed by atoms with Crippen LogP contribution in [0.15, 0.2) is 200 Å². The molecule has 9 aromatic rings. The molecule has 52 heavy (non-hydrogen) atoms. The van der Waals surface area contributed by atoms with Crippen molar-refractivity contribution in [3.63, 3.8) is 0 Å². The SMILES string of the molecule is c1ccc(-c2ccc(-c3nc(-c4ccc(-c5ccccc5)cc4)nc(-c4cccc(-c5ccc6cc(-c7ccccc7)ccc6c5)c4)n3)cc2)cc1. The van der Waals surface area contributed by atoms with Crippen molar-refractivity contribution in [1.82, 2.24) is 15.0 Å². The Kier molecular flexibility index (Phi) is 8.20. The maximum atomic E-state index is 5.07. The van der Waals surface area contributed by atoms with Crippen LogP contribution < -0.4 is 0 Å². The van der Waals surface area contributed by atoms with Crippen LogP contribution in [0.1, 0.15) is 0 Å². The van der Waals surface area contributed by atoms with Gasteiger partial charge in [-0.1, -0.05) is 182 Å². The molecule has 0 atom stereocenters. The van der Waals surface area contributed by atoms with Crippen LogP contribution in [-0.2, 0) is 0 Å². The van der Waals surface area contributed by atoms with Crippen molar-refractivity contribution in [3.8, 4) is 78.7 Å². The van der Waals surface area contributed by atoms with Gasteiger partial charge in [0.25, 0.3) is 0 Å². The minimum Gasteiger partial charge on any atom is -0.208 e. The molecule has 0 saturated carbocycles. The van der Waals surface area contributed by atoms with Crippen LogP contribution in [0, 0.1) is 0 Å².